The molecule has 0 aliphatic carbocycles. The van der Waals surface area contributed by atoms with Gasteiger partial charge in [0.1, 0.15) is 17.7 Å². The molecule has 0 unspecified atom stereocenters. The highest BCUT2D eigenvalue weighted by Gasteiger charge is 2.31. The van der Waals surface area contributed by atoms with Crippen LogP contribution in [0.4, 0.5) is 19.3 Å². The average Bonchev–Trinajstić information content (AvgIpc) is 3.09. The van der Waals surface area contributed by atoms with Crippen molar-refractivity contribution in [3.05, 3.63) is 29.8 Å². The van der Waals surface area contributed by atoms with E-state index in [0.29, 0.717) is 38.2 Å². The molecule has 3 rings (SSSR count). The van der Waals surface area contributed by atoms with Gasteiger partial charge in [-0.3, -0.25) is 4.79 Å². The van der Waals surface area contributed by atoms with Crippen LogP contribution in [0.1, 0.15) is 12.8 Å². The van der Waals surface area contributed by atoms with Crippen LogP contribution in [-0.2, 0) is 4.79 Å². The third kappa shape index (κ3) is 3.42. The smallest absolute Gasteiger partial charge is 0.315 e. The molecular formula is C16H20F2N4O2. The van der Waals surface area contributed by atoms with E-state index in [1.807, 2.05) is 0 Å². The molecule has 0 radical (unpaired) electrons. The number of urea groups is 1. The first kappa shape index (κ1) is 16.5. The zero-order valence-electron chi connectivity index (χ0n) is 13.4. The summed E-state index contributed by atoms with van der Waals surface area (Å²) in [6.07, 6.45) is 1.25. The molecule has 0 bridgehead atoms. The van der Waals surface area contributed by atoms with Crippen LogP contribution < -0.4 is 15.5 Å². The number of anilines is 1. The minimum Gasteiger partial charge on any atom is -0.367 e. The highest BCUT2D eigenvalue weighted by molar-refractivity contribution is 5.88. The Bertz CT molecular complexity index is 655. The number of nitrogens with zero attached hydrogens (tertiary/aromatic N) is 2. The van der Waals surface area contributed by atoms with Crippen LogP contribution in [0.3, 0.4) is 0 Å². The predicted molar refractivity (Wildman–Crippen MR) is 84.7 cm³/mol. The van der Waals surface area contributed by atoms with E-state index >= 15 is 0 Å². The molecule has 8 heteroatoms. The summed E-state index contributed by atoms with van der Waals surface area (Å²) in [7, 11) is 1.70. The molecule has 0 aromatic heterocycles. The molecule has 130 valence electrons. The maximum Gasteiger partial charge on any atom is 0.315 e. The first-order valence-corrected chi connectivity index (χ1v) is 7.96. The second-order valence-electron chi connectivity index (χ2n) is 6.25. The molecule has 24 heavy (non-hydrogen) atoms. The number of benzene rings is 1. The lowest BCUT2D eigenvalue weighted by molar-refractivity contribution is -0.128. The maximum absolute atomic E-state index is 13.8. The number of hydrogen-bond donors (Lipinski definition) is 2. The Hall–Kier alpha value is -2.38. The lowest BCUT2D eigenvalue weighted by atomic mass is 10.2. The van der Waals surface area contributed by atoms with Gasteiger partial charge in [0.2, 0.25) is 5.91 Å². The van der Waals surface area contributed by atoms with Gasteiger partial charge >= 0.3 is 6.03 Å². The summed E-state index contributed by atoms with van der Waals surface area (Å²) in [4.78, 5) is 27.2. The number of likely N-dealkylation sites (tertiary alicyclic amines) is 1. The van der Waals surface area contributed by atoms with Gasteiger partial charge in [-0.25, -0.2) is 13.6 Å². The van der Waals surface area contributed by atoms with Gasteiger partial charge in [0.25, 0.3) is 0 Å². The number of carbonyl (C=O) groups is 2. The minimum atomic E-state index is -0.615. The van der Waals surface area contributed by atoms with Crippen LogP contribution >= 0.6 is 0 Å². The number of rotatable bonds is 3. The lowest BCUT2D eigenvalue weighted by Gasteiger charge is -2.20. The normalized spacial score (nSPS) is 23.7. The van der Waals surface area contributed by atoms with Gasteiger partial charge in [0, 0.05) is 38.8 Å². The highest BCUT2D eigenvalue weighted by Crippen LogP contribution is 2.24. The van der Waals surface area contributed by atoms with Crippen molar-refractivity contribution >= 4 is 17.6 Å². The number of likely N-dealkylation sites (N-methyl/N-ethyl adjacent to an activating group) is 1. The van der Waals surface area contributed by atoms with Crippen molar-refractivity contribution in [1.29, 1.82) is 0 Å². The summed E-state index contributed by atoms with van der Waals surface area (Å²) in [5.41, 5.74) is 0.328. The van der Waals surface area contributed by atoms with Crippen LogP contribution in [0.25, 0.3) is 0 Å². The Labute approximate surface area is 138 Å². The standard InChI is InChI=1S/C16H20F2N4O2/c1-21-6-5-13(15(21)23)20-16(24)19-11-4-7-22(9-11)14-3-2-10(17)8-12(14)18/h2-3,8,11,13H,4-7,9H2,1H3,(H2,19,20,24)/t11-,13-/m1/s1. The molecule has 2 fully saturated rings. The van der Waals surface area contributed by atoms with Gasteiger partial charge in [-0.05, 0) is 25.0 Å². The summed E-state index contributed by atoms with van der Waals surface area (Å²) in [5.74, 6) is -1.32. The van der Waals surface area contributed by atoms with Crippen molar-refractivity contribution < 1.29 is 18.4 Å². The second-order valence-corrected chi connectivity index (χ2v) is 6.25. The van der Waals surface area contributed by atoms with Gasteiger partial charge in [-0.2, -0.15) is 0 Å². The zero-order valence-corrected chi connectivity index (χ0v) is 13.4. The Balaban J connectivity index is 1.52. The summed E-state index contributed by atoms with van der Waals surface area (Å²) in [6, 6.07) is 2.44. The minimum absolute atomic E-state index is 0.0911. The lowest BCUT2D eigenvalue weighted by Crippen LogP contribution is -2.49. The molecule has 0 saturated carbocycles. The van der Waals surface area contributed by atoms with E-state index in [4.69, 9.17) is 0 Å². The first-order chi connectivity index (χ1) is 11.4. The van der Waals surface area contributed by atoms with Crippen molar-refractivity contribution in [2.24, 2.45) is 0 Å². The summed E-state index contributed by atoms with van der Waals surface area (Å²) in [5, 5.41) is 5.49. The molecule has 1 aromatic rings. The molecule has 2 N–H and O–H groups in total. The number of halogens is 2. The first-order valence-electron chi connectivity index (χ1n) is 7.96. The molecule has 2 saturated heterocycles. The monoisotopic (exact) mass is 338 g/mol. The predicted octanol–water partition coefficient (Wildman–Crippen LogP) is 1.07. The van der Waals surface area contributed by atoms with Crippen molar-refractivity contribution in [2.45, 2.75) is 24.9 Å². The van der Waals surface area contributed by atoms with E-state index in [1.165, 1.54) is 12.1 Å². The van der Waals surface area contributed by atoms with Crippen molar-refractivity contribution in [3.8, 4) is 0 Å². The van der Waals surface area contributed by atoms with Crippen LogP contribution in [0.15, 0.2) is 18.2 Å². The van der Waals surface area contributed by atoms with Crippen molar-refractivity contribution in [1.82, 2.24) is 15.5 Å². The van der Waals surface area contributed by atoms with Crippen molar-refractivity contribution in [2.75, 3.05) is 31.6 Å². The van der Waals surface area contributed by atoms with E-state index in [0.717, 1.165) is 6.07 Å². The molecule has 6 nitrogen and oxygen atoms in total. The number of carbonyl (C=O) groups excluding carboxylic acids is 2. The van der Waals surface area contributed by atoms with Gasteiger partial charge < -0.3 is 20.4 Å². The molecular weight excluding hydrogens is 318 g/mol. The fourth-order valence-electron chi connectivity index (χ4n) is 3.18. The Morgan fingerprint density at radius 3 is 2.67 bits per heavy atom. The third-order valence-corrected chi connectivity index (χ3v) is 4.51. The van der Waals surface area contributed by atoms with Crippen LogP contribution in [0.5, 0.6) is 0 Å². The molecule has 1 aromatic carbocycles. The molecule has 2 atom stereocenters. The Morgan fingerprint density at radius 2 is 2.00 bits per heavy atom. The molecule has 2 aliphatic heterocycles. The Morgan fingerprint density at radius 1 is 1.21 bits per heavy atom. The van der Waals surface area contributed by atoms with Gasteiger partial charge in [-0.1, -0.05) is 0 Å². The average molecular weight is 338 g/mol. The fraction of sp³-hybridized carbons (Fsp3) is 0.500. The quantitative estimate of drug-likeness (QED) is 0.867. The van der Waals surface area contributed by atoms with Crippen LogP contribution in [0.2, 0.25) is 0 Å². The molecule has 2 heterocycles. The van der Waals surface area contributed by atoms with E-state index < -0.39 is 23.7 Å². The fourth-order valence-corrected chi connectivity index (χ4v) is 3.18. The van der Waals surface area contributed by atoms with Crippen LogP contribution in [-0.4, -0.2) is 55.6 Å². The summed E-state index contributed by atoms with van der Waals surface area (Å²) < 4.78 is 26.8. The number of hydrogen-bond acceptors (Lipinski definition) is 3. The van der Waals surface area contributed by atoms with Gasteiger partial charge in [0.15, 0.2) is 0 Å². The SMILES string of the molecule is CN1CC[C@@H](NC(=O)N[C@@H]2CCN(c3ccc(F)cc3F)C2)C1=O. The van der Waals surface area contributed by atoms with E-state index in [-0.39, 0.29) is 11.9 Å². The summed E-state index contributed by atoms with van der Waals surface area (Å²) in [6.45, 7) is 1.64. The number of nitrogens with one attached hydrogen (secondary N) is 2. The third-order valence-electron chi connectivity index (χ3n) is 4.51. The second kappa shape index (κ2) is 6.62. The molecule has 2 aliphatic rings. The van der Waals surface area contributed by atoms with Gasteiger partial charge in [0.05, 0.1) is 5.69 Å². The van der Waals surface area contributed by atoms with E-state index in [2.05, 4.69) is 10.6 Å². The molecule has 0 spiro atoms. The Kier molecular flexibility index (Phi) is 4.55. The topological polar surface area (TPSA) is 64.7 Å². The van der Waals surface area contributed by atoms with E-state index in [1.54, 1.807) is 16.8 Å². The summed E-state index contributed by atoms with van der Waals surface area (Å²) >= 11 is 0. The highest BCUT2D eigenvalue weighted by atomic mass is 19.1. The number of amides is 3. The van der Waals surface area contributed by atoms with Gasteiger partial charge in [-0.15, -0.1) is 0 Å². The largest absolute Gasteiger partial charge is 0.367 e. The zero-order chi connectivity index (χ0) is 17.3. The van der Waals surface area contributed by atoms with Crippen LogP contribution in [0, 0.1) is 11.6 Å². The van der Waals surface area contributed by atoms with E-state index in [9.17, 15) is 18.4 Å². The van der Waals surface area contributed by atoms with Crippen molar-refractivity contribution in [3.63, 3.8) is 0 Å². The molecule has 3 amide bonds. The maximum atomic E-state index is 13.8.